The zero-order chi connectivity index (χ0) is 31.1. The molecule has 0 aromatic heterocycles. The average molecular weight is 584 g/mol. The maximum atomic E-state index is 13.0. The van der Waals surface area contributed by atoms with Gasteiger partial charge in [-0.05, 0) is 60.5 Å². The molecule has 0 saturated carbocycles. The first-order valence-corrected chi connectivity index (χ1v) is 13.4. The molecular weight excluding hydrogens is 554 g/mol. The van der Waals surface area contributed by atoms with Gasteiger partial charge in [0.25, 0.3) is 17.7 Å². The number of anilines is 1. The maximum absolute atomic E-state index is 13.0. The highest BCUT2D eigenvalue weighted by Gasteiger charge is 2.43. The monoisotopic (exact) mass is 583 g/mol. The lowest BCUT2D eigenvalue weighted by atomic mass is 10.0. The lowest BCUT2D eigenvalue weighted by molar-refractivity contribution is -0.147. The van der Waals surface area contributed by atoms with Crippen molar-refractivity contribution in [3.05, 3.63) is 101 Å². The molecule has 0 bridgehead atoms. The van der Waals surface area contributed by atoms with E-state index in [4.69, 9.17) is 9.47 Å². The number of hydrogen-bond acceptors (Lipinski definition) is 8. The van der Waals surface area contributed by atoms with Crippen LogP contribution >= 0.6 is 0 Å². The van der Waals surface area contributed by atoms with Gasteiger partial charge in [-0.2, -0.15) is 0 Å². The third kappa shape index (κ3) is 7.39. The van der Waals surface area contributed by atoms with Gasteiger partial charge in [0, 0.05) is 26.0 Å². The number of nitrogens with one attached hydrogen (secondary N) is 2. The topological polar surface area (TPSA) is 148 Å². The summed E-state index contributed by atoms with van der Waals surface area (Å²) in [4.78, 5) is 75.9. The minimum atomic E-state index is -1.19. The molecule has 220 valence electrons. The summed E-state index contributed by atoms with van der Waals surface area (Å²) in [5, 5.41) is 5.22. The van der Waals surface area contributed by atoms with Crippen LogP contribution in [0, 0.1) is 0 Å². The van der Waals surface area contributed by atoms with Crippen molar-refractivity contribution in [1.82, 2.24) is 10.2 Å². The number of esters is 2. The molecule has 11 nitrogen and oxygen atoms in total. The van der Waals surface area contributed by atoms with Gasteiger partial charge in [-0.25, -0.2) is 4.79 Å². The van der Waals surface area contributed by atoms with Gasteiger partial charge in [-0.3, -0.25) is 28.9 Å². The highest BCUT2D eigenvalue weighted by atomic mass is 16.5. The van der Waals surface area contributed by atoms with Crippen molar-refractivity contribution in [1.29, 1.82) is 0 Å². The summed E-state index contributed by atoms with van der Waals surface area (Å²) in [6.07, 6.45) is 1.47. The molecule has 2 N–H and O–H groups in total. The Morgan fingerprint density at radius 1 is 0.860 bits per heavy atom. The van der Waals surface area contributed by atoms with Crippen molar-refractivity contribution in [2.45, 2.75) is 33.2 Å². The summed E-state index contributed by atoms with van der Waals surface area (Å²) >= 11 is 0. The number of carbonyl (C=O) groups excluding carboxylic acids is 6. The van der Waals surface area contributed by atoms with E-state index in [0.717, 1.165) is 4.90 Å². The van der Waals surface area contributed by atoms with E-state index in [1.807, 2.05) is 0 Å². The molecule has 11 heteroatoms. The second kappa shape index (κ2) is 13.4. The molecule has 43 heavy (non-hydrogen) atoms. The van der Waals surface area contributed by atoms with Crippen LogP contribution in [0.2, 0.25) is 0 Å². The zero-order valence-electron chi connectivity index (χ0n) is 23.7. The number of nitrogens with zero attached hydrogens (tertiary/aromatic N) is 1. The van der Waals surface area contributed by atoms with Crippen molar-refractivity contribution in [2.24, 2.45) is 0 Å². The maximum Gasteiger partial charge on any atom is 0.329 e. The first-order chi connectivity index (χ1) is 20.6. The van der Waals surface area contributed by atoms with E-state index in [-0.39, 0.29) is 29.9 Å². The Morgan fingerprint density at radius 3 is 2.00 bits per heavy atom. The molecule has 0 aliphatic carbocycles. The van der Waals surface area contributed by atoms with Gasteiger partial charge < -0.3 is 20.1 Å². The Bertz CT molecular complexity index is 1580. The van der Waals surface area contributed by atoms with Crippen LogP contribution in [-0.4, -0.2) is 53.1 Å². The van der Waals surface area contributed by atoms with E-state index < -0.39 is 41.6 Å². The molecule has 0 spiro atoms. The highest BCUT2D eigenvalue weighted by molar-refractivity contribution is 6.22. The van der Waals surface area contributed by atoms with Gasteiger partial charge in [0.2, 0.25) is 5.91 Å². The van der Waals surface area contributed by atoms with Gasteiger partial charge in [0.15, 0.2) is 0 Å². The van der Waals surface area contributed by atoms with Crippen molar-refractivity contribution in [2.75, 3.05) is 11.9 Å². The Labute approximate surface area is 247 Å². The highest BCUT2D eigenvalue weighted by Crippen LogP contribution is 2.27. The molecule has 1 heterocycles. The quantitative estimate of drug-likeness (QED) is 0.160. The van der Waals surface area contributed by atoms with Crippen molar-refractivity contribution >= 4 is 47.3 Å². The van der Waals surface area contributed by atoms with Crippen LogP contribution in [0.15, 0.2) is 78.5 Å². The van der Waals surface area contributed by atoms with E-state index in [0.29, 0.717) is 22.6 Å². The van der Waals surface area contributed by atoms with Crippen LogP contribution < -0.4 is 15.4 Å². The number of fused-ring (bicyclic) bond motifs is 1. The summed E-state index contributed by atoms with van der Waals surface area (Å²) in [5.74, 6) is -3.02. The van der Waals surface area contributed by atoms with Gasteiger partial charge in [-0.15, -0.1) is 0 Å². The fraction of sp³-hybridized carbons (Fsp3) is 0.188. The lowest BCUT2D eigenvalue weighted by Gasteiger charge is -2.24. The third-order valence-electron chi connectivity index (χ3n) is 6.34. The fourth-order valence-corrected chi connectivity index (χ4v) is 4.47. The summed E-state index contributed by atoms with van der Waals surface area (Å²) in [7, 11) is 0. The molecule has 1 aliphatic heterocycles. The van der Waals surface area contributed by atoms with Crippen molar-refractivity contribution in [3.8, 4) is 5.75 Å². The smallest absolute Gasteiger partial charge is 0.329 e. The number of hydrogen-bond donors (Lipinski definition) is 2. The molecule has 0 fully saturated rings. The molecular formula is C32H29N3O8. The van der Waals surface area contributed by atoms with Crippen LogP contribution in [0.4, 0.5) is 5.69 Å². The standard InChI is InChI=1S/C32H29N3O8/c1-4-42-32(41)28(35-30(39)25-7-5-6-8-26(25)31(35)40)18-22-9-13-23(14-10-22)34-29(38)27(33-19(2)36)17-21-11-15-24(16-12-21)43-20(3)37/h5-17,28H,4,18H2,1-3H3,(H,33,36)(H,34,38)/b27-17+/t28-/m1/s1. The van der Waals surface area contributed by atoms with E-state index in [2.05, 4.69) is 10.6 Å². The molecule has 4 amide bonds. The van der Waals surface area contributed by atoms with Gasteiger partial charge in [0.05, 0.1) is 17.7 Å². The van der Waals surface area contributed by atoms with Crippen LogP contribution in [-0.2, 0) is 30.3 Å². The molecule has 4 rings (SSSR count). The Kier molecular flexibility index (Phi) is 9.46. The SMILES string of the molecule is CCOC(=O)[C@@H](Cc1ccc(NC(=O)/C(=C\c2ccc(OC(C)=O)cc2)NC(C)=O)cc1)N1C(=O)c2ccccc2C1=O. The number of rotatable bonds is 10. The van der Waals surface area contributed by atoms with E-state index >= 15 is 0 Å². The summed E-state index contributed by atoms with van der Waals surface area (Å²) in [6.45, 7) is 4.27. The van der Waals surface area contributed by atoms with Crippen molar-refractivity contribution in [3.63, 3.8) is 0 Å². The minimum absolute atomic E-state index is 0.00108. The zero-order valence-corrected chi connectivity index (χ0v) is 23.7. The molecule has 3 aromatic rings. The Hall–Kier alpha value is -5.58. The summed E-state index contributed by atoms with van der Waals surface area (Å²) in [5.41, 5.74) is 2.00. The van der Waals surface area contributed by atoms with Crippen molar-refractivity contribution < 1.29 is 38.2 Å². The number of imide groups is 1. The Balaban J connectivity index is 1.50. The van der Waals surface area contributed by atoms with Gasteiger partial charge >= 0.3 is 11.9 Å². The number of benzene rings is 3. The molecule has 0 unspecified atom stereocenters. The van der Waals surface area contributed by atoms with Gasteiger partial charge in [0.1, 0.15) is 17.5 Å². The van der Waals surface area contributed by atoms with E-state index in [9.17, 15) is 28.8 Å². The number of carbonyl (C=O) groups is 6. The Morgan fingerprint density at radius 2 is 1.47 bits per heavy atom. The number of amides is 4. The predicted octanol–water partition coefficient (Wildman–Crippen LogP) is 3.50. The third-order valence-corrected chi connectivity index (χ3v) is 6.34. The van der Waals surface area contributed by atoms with Gasteiger partial charge in [-0.1, -0.05) is 36.4 Å². The first-order valence-electron chi connectivity index (χ1n) is 13.4. The molecule has 0 saturated heterocycles. The normalized spacial score (nSPS) is 13.2. The second-order valence-corrected chi connectivity index (χ2v) is 9.55. The summed E-state index contributed by atoms with van der Waals surface area (Å²) < 4.78 is 10.2. The predicted molar refractivity (Wildman–Crippen MR) is 156 cm³/mol. The minimum Gasteiger partial charge on any atom is -0.464 e. The average Bonchev–Trinajstić information content (AvgIpc) is 3.22. The molecule has 0 radical (unpaired) electrons. The van der Waals surface area contributed by atoms with Crippen LogP contribution in [0.25, 0.3) is 6.08 Å². The molecule has 1 aliphatic rings. The molecule has 1 atom stereocenters. The lowest BCUT2D eigenvalue weighted by Crippen LogP contribution is -2.47. The summed E-state index contributed by atoms with van der Waals surface area (Å²) in [6, 6.07) is 18.0. The molecule has 3 aromatic carbocycles. The van der Waals surface area contributed by atoms with Crippen LogP contribution in [0.1, 0.15) is 52.6 Å². The van der Waals surface area contributed by atoms with Crippen LogP contribution in [0.5, 0.6) is 5.75 Å². The number of ether oxygens (including phenoxy) is 2. The van der Waals surface area contributed by atoms with E-state index in [1.165, 1.54) is 32.1 Å². The largest absolute Gasteiger partial charge is 0.464 e. The van der Waals surface area contributed by atoms with Crippen LogP contribution in [0.3, 0.4) is 0 Å². The second-order valence-electron chi connectivity index (χ2n) is 9.55. The first kappa shape index (κ1) is 30.4. The fourth-order valence-electron chi connectivity index (χ4n) is 4.47. The van der Waals surface area contributed by atoms with E-state index in [1.54, 1.807) is 67.6 Å².